The first-order valence-corrected chi connectivity index (χ1v) is 10.2. The van der Waals surface area contributed by atoms with Gasteiger partial charge in [0, 0.05) is 17.1 Å². The number of amides is 3. The van der Waals surface area contributed by atoms with Gasteiger partial charge in [-0.15, -0.1) is 0 Å². The van der Waals surface area contributed by atoms with E-state index in [9.17, 15) is 14.4 Å². The zero-order valence-corrected chi connectivity index (χ0v) is 18.3. The molecule has 0 atom stereocenters. The van der Waals surface area contributed by atoms with Crippen LogP contribution >= 0.6 is 23.2 Å². The monoisotopic (exact) mass is 464 g/mol. The number of nitrogens with one attached hydrogen (secondary N) is 3. The molecule has 0 fully saturated rings. The first-order chi connectivity index (χ1) is 14.9. The Morgan fingerprint density at radius 3 is 2.61 bits per heavy atom. The molecule has 8 nitrogen and oxygen atoms in total. The van der Waals surface area contributed by atoms with Crippen LogP contribution in [0, 0.1) is 0 Å². The minimum atomic E-state index is -0.870. The summed E-state index contributed by atoms with van der Waals surface area (Å²) in [4.78, 5) is 35.5. The van der Waals surface area contributed by atoms with Crippen molar-refractivity contribution in [1.82, 2.24) is 10.7 Å². The highest BCUT2D eigenvalue weighted by atomic mass is 35.5. The van der Waals surface area contributed by atoms with Gasteiger partial charge in [-0.3, -0.25) is 14.4 Å². The molecule has 0 aliphatic carbocycles. The van der Waals surface area contributed by atoms with Gasteiger partial charge in [0.2, 0.25) is 0 Å². The van der Waals surface area contributed by atoms with Crippen molar-refractivity contribution in [2.24, 2.45) is 5.10 Å². The molecule has 2 aromatic carbocycles. The van der Waals surface area contributed by atoms with Crippen molar-refractivity contribution in [3.05, 3.63) is 58.1 Å². The summed E-state index contributed by atoms with van der Waals surface area (Å²) in [6, 6.07) is 11.5. The predicted octanol–water partition coefficient (Wildman–Crippen LogP) is 3.38. The van der Waals surface area contributed by atoms with Gasteiger partial charge in [0.05, 0.1) is 16.9 Å². The molecule has 0 aliphatic rings. The third-order valence-corrected chi connectivity index (χ3v) is 4.42. The number of anilines is 1. The van der Waals surface area contributed by atoms with Crippen molar-refractivity contribution in [3.63, 3.8) is 0 Å². The fourth-order valence-corrected chi connectivity index (χ4v) is 2.77. The smallest absolute Gasteiger partial charge is 0.329 e. The predicted molar refractivity (Wildman–Crippen MR) is 121 cm³/mol. The summed E-state index contributed by atoms with van der Waals surface area (Å²) >= 11 is 11.9. The third-order valence-electron chi connectivity index (χ3n) is 3.87. The Hall–Kier alpha value is -3.10. The normalized spacial score (nSPS) is 10.5. The number of ether oxygens (including phenoxy) is 1. The van der Waals surface area contributed by atoms with Gasteiger partial charge in [0.1, 0.15) is 5.75 Å². The molecule has 0 radical (unpaired) electrons. The van der Waals surface area contributed by atoms with Crippen LogP contribution < -0.4 is 20.8 Å². The van der Waals surface area contributed by atoms with Crippen LogP contribution in [0.2, 0.25) is 10.0 Å². The fourth-order valence-electron chi connectivity index (χ4n) is 2.31. The fraction of sp³-hybridized carbons (Fsp3) is 0.238. The molecule has 0 bridgehead atoms. The van der Waals surface area contributed by atoms with Crippen LogP contribution in [0.5, 0.6) is 5.75 Å². The second-order valence-corrected chi connectivity index (χ2v) is 7.15. The van der Waals surface area contributed by atoms with Crippen molar-refractivity contribution in [3.8, 4) is 5.75 Å². The summed E-state index contributed by atoms with van der Waals surface area (Å²) in [7, 11) is 0. The summed E-state index contributed by atoms with van der Waals surface area (Å²) in [5.41, 5.74) is 3.07. The van der Waals surface area contributed by atoms with E-state index in [0.717, 1.165) is 12.8 Å². The van der Waals surface area contributed by atoms with Gasteiger partial charge in [-0.25, -0.2) is 5.43 Å². The number of benzene rings is 2. The van der Waals surface area contributed by atoms with Crippen molar-refractivity contribution in [2.45, 2.75) is 19.8 Å². The molecule has 0 aromatic heterocycles. The summed E-state index contributed by atoms with van der Waals surface area (Å²) in [5, 5.41) is 9.66. The van der Waals surface area contributed by atoms with Crippen molar-refractivity contribution in [2.75, 3.05) is 18.5 Å². The lowest BCUT2D eigenvalue weighted by atomic mass is 10.2. The van der Waals surface area contributed by atoms with Crippen molar-refractivity contribution in [1.29, 1.82) is 0 Å². The van der Waals surface area contributed by atoms with Gasteiger partial charge in [-0.1, -0.05) is 48.7 Å². The summed E-state index contributed by atoms with van der Waals surface area (Å²) < 4.78 is 5.54. The number of halogens is 2. The molecule has 10 heteroatoms. The van der Waals surface area contributed by atoms with Crippen molar-refractivity contribution >= 4 is 52.8 Å². The summed E-state index contributed by atoms with van der Waals surface area (Å²) in [6.07, 6.45) is 3.01. The van der Waals surface area contributed by atoms with E-state index in [2.05, 4.69) is 21.2 Å². The molecule has 0 saturated carbocycles. The van der Waals surface area contributed by atoms with E-state index in [1.807, 2.05) is 6.92 Å². The minimum absolute atomic E-state index is 0.282. The molecule has 0 aliphatic heterocycles. The number of para-hydroxylation sites is 1. The Bertz CT molecular complexity index is 966. The Morgan fingerprint density at radius 1 is 1.10 bits per heavy atom. The molecular weight excluding hydrogens is 443 g/mol. The Morgan fingerprint density at radius 2 is 1.87 bits per heavy atom. The van der Waals surface area contributed by atoms with E-state index >= 15 is 0 Å². The lowest BCUT2D eigenvalue weighted by molar-refractivity contribution is -0.139. The maximum atomic E-state index is 12.2. The van der Waals surface area contributed by atoms with Crippen molar-refractivity contribution < 1.29 is 19.1 Å². The van der Waals surface area contributed by atoms with Crippen LogP contribution in [0.15, 0.2) is 47.6 Å². The largest absolute Gasteiger partial charge is 0.483 e. The molecule has 0 saturated heterocycles. The number of carbonyl (C=O) groups is 3. The van der Waals surface area contributed by atoms with E-state index in [4.69, 9.17) is 27.9 Å². The molecule has 2 rings (SSSR count). The van der Waals surface area contributed by atoms with Crippen LogP contribution in [0.3, 0.4) is 0 Å². The topological polar surface area (TPSA) is 109 Å². The van der Waals surface area contributed by atoms with E-state index in [1.54, 1.807) is 36.4 Å². The van der Waals surface area contributed by atoms with Crippen LogP contribution in [-0.4, -0.2) is 37.1 Å². The molecule has 0 unspecified atom stereocenters. The number of unbranched alkanes of at least 4 members (excludes halogenated alkanes) is 1. The minimum Gasteiger partial charge on any atom is -0.483 e. The lowest BCUT2D eigenvalue weighted by Crippen LogP contribution is -2.38. The van der Waals surface area contributed by atoms with Gasteiger partial charge in [0.15, 0.2) is 6.61 Å². The van der Waals surface area contributed by atoms with Crippen LogP contribution in [0.1, 0.15) is 25.3 Å². The highest BCUT2D eigenvalue weighted by Gasteiger charge is 2.12. The highest BCUT2D eigenvalue weighted by Crippen LogP contribution is 2.25. The number of hydrazone groups is 1. The molecular formula is C21H22Cl2N4O4. The maximum Gasteiger partial charge on any atom is 0.329 e. The second kappa shape index (κ2) is 12.6. The van der Waals surface area contributed by atoms with Crippen LogP contribution in [-0.2, 0) is 14.4 Å². The Kier molecular flexibility index (Phi) is 9.80. The first-order valence-electron chi connectivity index (χ1n) is 9.48. The number of nitrogens with zero attached hydrogens (tertiary/aromatic N) is 1. The summed E-state index contributed by atoms with van der Waals surface area (Å²) in [6.45, 7) is 2.12. The number of hydrogen-bond acceptors (Lipinski definition) is 5. The van der Waals surface area contributed by atoms with Crippen LogP contribution in [0.4, 0.5) is 5.69 Å². The molecule has 31 heavy (non-hydrogen) atoms. The quantitative estimate of drug-likeness (QED) is 0.228. The molecule has 0 spiro atoms. The van der Waals surface area contributed by atoms with Gasteiger partial charge in [-0.05, 0) is 36.8 Å². The Labute approximate surface area is 189 Å². The number of rotatable bonds is 9. The van der Waals surface area contributed by atoms with Gasteiger partial charge < -0.3 is 15.4 Å². The summed E-state index contributed by atoms with van der Waals surface area (Å²) in [5.74, 6) is -1.68. The maximum absolute atomic E-state index is 12.2. The SMILES string of the molecule is CCCCNC(=O)C(=O)N/N=C\c1ccccc1OCC(=O)Nc1ccc(Cl)cc1Cl. The molecule has 164 valence electrons. The van der Waals surface area contributed by atoms with Gasteiger partial charge in [0.25, 0.3) is 5.91 Å². The third kappa shape index (κ3) is 8.27. The lowest BCUT2D eigenvalue weighted by Gasteiger charge is -2.10. The second-order valence-electron chi connectivity index (χ2n) is 6.31. The highest BCUT2D eigenvalue weighted by molar-refractivity contribution is 6.36. The average molecular weight is 465 g/mol. The van der Waals surface area contributed by atoms with Gasteiger partial charge in [-0.2, -0.15) is 5.10 Å². The zero-order chi connectivity index (χ0) is 22.6. The number of hydrogen-bond donors (Lipinski definition) is 3. The van der Waals surface area contributed by atoms with Gasteiger partial charge >= 0.3 is 11.8 Å². The molecule has 2 aromatic rings. The number of carbonyl (C=O) groups excluding carboxylic acids is 3. The van der Waals surface area contributed by atoms with E-state index in [-0.39, 0.29) is 6.61 Å². The van der Waals surface area contributed by atoms with E-state index in [1.165, 1.54) is 12.3 Å². The zero-order valence-electron chi connectivity index (χ0n) is 16.8. The van der Waals surface area contributed by atoms with E-state index < -0.39 is 17.7 Å². The molecule has 3 amide bonds. The first kappa shape index (κ1) is 24.2. The molecule has 0 heterocycles. The standard InChI is InChI=1S/C21H22Cl2N4O4/c1-2-3-10-24-20(29)21(30)27-25-12-14-6-4-5-7-18(14)31-13-19(28)26-17-9-8-15(22)11-16(17)23/h4-9,11-12H,2-3,10,13H2,1H3,(H,24,29)(H,26,28)(H,27,30)/b25-12-. The Balaban J connectivity index is 1.89. The van der Waals surface area contributed by atoms with Crippen LogP contribution in [0.25, 0.3) is 0 Å². The molecule has 3 N–H and O–H groups in total. The van der Waals surface area contributed by atoms with E-state index in [0.29, 0.717) is 33.6 Å². The average Bonchev–Trinajstić information content (AvgIpc) is 2.75.